The average molecular weight is 516 g/mol. The van der Waals surface area contributed by atoms with E-state index in [1.807, 2.05) is 12.2 Å². The topological polar surface area (TPSA) is 131 Å². The molecule has 1 aromatic carbocycles. The average Bonchev–Trinajstić information content (AvgIpc) is 3.36. The number of nitrogens with one attached hydrogen (secondary N) is 2. The second-order valence-corrected chi connectivity index (χ2v) is 8.14. The van der Waals surface area contributed by atoms with Gasteiger partial charge in [-0.15, -0.1) is 10.2 Å². The van der Waals surface area contributed by atoms with Gasteiger partial charge in [0, 0.05) is 37.1 Å². The molecule has 4 rings (SSSR count). The molecule has 2 N–H and O–H groups in total. The summed E-state index contributed by atoms with van der Waals surface area (Å²) in [7, 11) is 0. The van der Waals surface area contributed by atoms with Crippen LogP contribution < -0.4 is 15.4 Å². The van der Waals surface area contributed by atoms with Crippen molar-refractivity contribution in [1.29, 1.82) is 0 Å². The predicted molar refractivity (Wildman–Crippen MR) is 124 cm³/mol. The summed E-state index contributed by atoms with van der Waals surface area (Å²) in [4.78, 5) is 28.2. The van der Waals surface area contributed by atoms with E-state index in [2.05, 4.69) is 31.0 Å². The Labute approximate surface area is 209 Å². The van der Waals surface area contributed by atoms with Crippen LogP contribution in [0.2, 0.25) is 0 Å². The number of hydrogen-bond acceptors (Lipinski definition) is 8. The van der Waals surface area contributed by atoms with Crippen molar-refractivity contribution in [3.8, 4) is 17.1 Å². The zero-order valence-corrected chi connectivity index (χ0v) is 19.5. The fourth-order valence-corrected chi connectivity index (χ4v) is 3.54. The Balaban J connectivity index is 1.17. The Kier molecular flexibility index (Phi) is 8.11. The minimum absolute atomic E-state index is 0.0268. The van der Waals surface area contributed by atoms with Gasteiger partial charge in [0.1, 0.15) is 5.75 Å². The first-order valence-electron chi connectivity index (χ1n) is 11.5. The molecule has 1 unspecified atom stereocenters. The quantitative estimate of drug-likeness (QED) is 0.436. The molecule has 1 aliphatic carbocycles. The van der Waals surface area contributed by atoms with E-state index in [0.717, 1.165) is 5.57 Å². The molecule has 1 aliphatic heterocycles. The molecule has 0 fully saturated rings. The molecule has 0 saturated heterocycles. The molecule has 10 nitrogen and oxygen atoms in total. The molecule has 0 radical (unpaired) electrons. The first kappa shape index (κ1) is 25.8. The van der Waals surface area contributed by atoms with Crippen molar-refractivity contribution in [3.05, 3.63) is 65.9 Å². The number of amides is 2. The normalized spacial score (nSPS) is 16.6. The van der Waals surface area contributed by atoms with E-state index in [1.54, 1.807) is 18.2 Å². The smallest absolute Gasteiger partial charge is 0.422 e. The van der Waals surface area contributed by atoms with Crippen molar-refractivity contribution in [1.82, 2.24) is 20.8 Å². The Morgan fingerprint density at radius 2 is 2.03 bits per heavy atom. The van der Waals surface area contributed by atoms with Crippen molar-refractivity contribution in [3.63, 3.8) is 0 Å². The highest BCUT2D eigenvalue weighted by molar-refractivity contribution is 5.86. The minimum atomic E-state index is -4.44. The third-order valence-corrected chi connectivity index (χ3v) is 5.31. The lowest BCUT2D eigenvalue weighted by atomic mass is 9.93. The molecule has 2 amide bonds. The van der Waals surface area contributed by atoms with E-state index in [0.29, 0.717) is 30.9 Å². The number of azo groups is 1. The van der Waals surface area contributed by atoms with Gasteiger partial charge in [-0.25, -0.2) is 0 Å². The number of benzene rings is 1. The van der Waals surface area contributed by atoms with Crippen LogP contribution in [0.4, 0.5) is 13.2 Å². The van der Waals surface area contributed by atoms with Crippen molar-refractivity contribution >= 4 is 11.8 Å². The summed E-state index contributed by atoms with van der Waals surface area (Å²) in [5, 5.41) is 17.4. The maximum absolute atomic E-state index is 12.4. The number of ether oxygens (including phenoxy) is 1. The maximum atomic E-state index is 12.4. The van der Waals surface area contributed by atoms with Gasteiger partial charge in [0.15, 0.2) is 12.4 Å². The van der Waals surface area contributed by atoms with Crippen LogP contribution in [0.15, 0.2) is 74.7 Å². The Morgan fingerprint density at radius 1 is 1.16 bits per heavy atom. The number of fused-ring (bicyclic) bond motifs is 1. The molecule has 2 aromatic rings. The van der Waals surface area contributed by atoms with Crippen LogP contribution in [-0.2, 0) is 16.0 Å². The Hall–Kier alpha value is -4.29. The molecule has 37 heavy (non-hydrogen) atoms. The third kappa shape index (κ3) is 7.35. The SMILES string of the molecule is O=C(CCc1nc(-c2cccc(OCC(F)(F)F)c2)no1)NCCCNC1=C2C=CC=CC2C(=O)N=N1. The van der Waals surface area contributed by atoms with Crippen molar-refractivity contribution in [2.24, 2.45) is 16.1 Å². The van der Waals surface area contributed by atoms with Gasteiger partial charge in [-0.2, -0.15) is 18.2 Å². The van der Waals surface area contributed by atoms with Crippen LogP contribution in [0.5, 0.6) is 5.75 Å². The molecule has 0 bridgehead atoms. The first-order chi connectivity index (χ1) is 17.8. The van der Waals surface area contributed by atoms with E-state index in [9.17, 15) is 22.8 Å². The molecule has 13 heteroatoms. The molecule has 0 spiro atoms. The number of aromatic nitrogens is 2. The van der Waals surface area contributed by atoms with Crippen molar-refractivity contribution < 1.29 is 32.0 Å². The minimum Gasteiger partial charge on any atom is -0.484 e. The molecule has 1 aromatic heterocycles. The summed E-state index contributed by atoms with van der Waals surface area (Å²) in [5.74, 6) is 0.0595. The van der Waals surface area contributed by atoms with Crippen LogP contribution in [0.1, 0.15) is 18.7 Å². The van der Waals surface area contributed by atoms with E-state index in [4.69, 9.17) is 9.26 Å². The number of nitrogens with zero attached hydrogens (tertiary/aromatic N) is 4. The summed E-state index contributed by atoms with van der Waals surface area (Å²) in [6, 6.07) is 5.91. The predicted octanol–water partition coefficient (Wildman–Crippen LogP) is 3.65. The van der Waals surface area contributed by atoms with Gasteiger partial charge in [-0.05, 0) is 18.6 Å². The summed E-state index contributed by atoms with van der Waals surface area (Å²) in [6.45, 7) is -0.460. The van der Waals surface area contributed by atoms with Crippen LogP contribution >= 0.6 is 0 Å². The number of carbonyl (C=O) groups is 2. The van der Waals surface area contributed by atoms with Gasteiger partial charge in [0.25, 0.3) is 5.91 Å². The summed E-state index contributed by atoms with van der Waals surface area (Å²) < 4.78 is 47.0. The molecular formula is C24H23F3N6O4. The Bertz CT molecular complexity index is 1270. The van der Waals surface area contributed by atoms with Gasteiger partial charge in [0.2, 0.25) is 17.6 Å². The van der Waals surface area contributed by atoms with Crippen molar-refractivity contribution in [2.75, 3.05) is 19.7 Å². The van der Waals surface area contributed by atoms with Crippen LogP contribution in [-0.4, -0.2) is 47.8 Å². The molecule has 0 saturated carbocycles. The number of allylic oxidation sites excluding steroid dienone is 3. The van der Waals surface area contributed by atoms with Crippen LogP contribution in [0.25, 0.3) is 11.4 Å². The summed E-state index contributed by atoms with van der Waals surface area (Å²) in [6.07, 6.45) is 3.72. The number of carbonyl (C=O) groups excluding carboxylic acids is 2. The zero-order valence-electron chi connectivity index (χ0n) is 19.5. The number of rotatable bonds is 11. The monoisotopic (exact) mass is 516 g/mol. The van der Waals surface area contributed by atoms with Gasteiger partial charge in [-0.1, -0.05) is 41.6 Å². The maximum Gasteiger partial charge on any atom is 0.422 e. The van der Waals surface area contributed by atoms with Crippen molar-refractivity contribution in [2.45, 2.75) is 25.4 Å². The second-order valence-electron chi connectivity index (χ2n) is 8.14. The Morgan fingerprint density at radius 3 is 2.86 bits per heavy atom. The number of alkyl halides is 3. The third-order valence-electron chi connectivity index (χ3n) is 5.31. The largest absolute Gasteiger partial charge is 0.484 e. The molecular weight excluding hydrogens is 493 g/mol. The lowest BCUT2D eigenvalue weighted by Gasteiger charge is -2.20. The van der Waals surface area contributed by atoms with E-state index in [-0.39, 0.29) is 42.1 Å². The number of halogens is 3. The fourth-order valence-electron chi connectivity index (χ4n) is 3.54. The molecule has 1 atom stereocenters. The number of hydrogen-bond donors (Lipinski definition) is 2. The highest BCUT2D eigenvalue weighted by Crippen LogP contribution is 2.27. The lowest BCUT2D eigenvalue weighted by Crippen LogP contribution is -2.28. The first-order valence-corrected chi connectivity index (χ1v) is 11.5. The zero-order chi connectivity index (χ0) is 26.3. The van der Waals surface area contributed by atoms with Gasteiger partial charge >= 0.3 is 6.18 Å². The standard InChI is InChI=1S/C24H23F3N6O4/c25-24(26,27)14-36-16-6-3-5-15(13-16)21-30-20(37-33-21)10-9-19(34)28-11-4-12-29-22-17-7-1-2-8-18(17)23(35)32-31-22/h1-3,5-8,13,18,29H,4,9-12,14H2,(H,28,34). The van der Waals surface area contributed by atoms with Gasteiger partial charge in [0.05, 0.1) is 5.92 Å². The molecule has 194 valence electrons. The van der Waals surface area contributed by atoms with E-state index in [1.165, 1.54) is 18.2 Å². The van der Waals surface area contributed by atoms with Gasteiger partial charge in [-0.3, -0.25) is 9.59 Å². The summed E-state index contributed by atoms with van der Waals surface area (Å²) >= 11 is 0. The number of aryl methyl sites for hydroxylation is 1. The van der Waals surface area contributed by atoms with E-state index < -0.39 is 18.7 Å². The van der Waals surface area contributed by atoms with Crippen LogP contribution in [0, 0.1) is 5.92 Å². The lowest BCUT2D eigenvalue weighted by molar-refractivity contribution is -0.153. The molecule has 2 heterocycles. The van der Waals surface area contributed by atoms with Gasteiger partial charge < -0.3 is 19.9 Å². The highest BCUT2D eigenvalue weighted by Gasteiger charge is 2.28. The van der Waals surface area contributed by atoms with Crippen LogP contribution in [0.3, 0.4) is 0 Å². The highest BCUT2D eigenvalue weighted by atomic mass is 19.4. The fraction of sp³-hybridized carbons (Fsp3) is 0.333. The molecule has 2 aliphatic rings. The van der Waals surface area contributed by atoms with E-state index >= 15 is 0 Å². The second kappa shape index (κ2) is 11.6. The summed E-state index contributed by atoms with van der Waals surface area (Å²) in [5.41, 5.74) is 1.20.